The van der Waals surface area contributed by atoms with Crippen LogP contribution in [0.2, 0.25) is 0 Å². The van der Waals surface area contributed by atoms with E-state index >= 15 is 0 Å². The second kappa shape index (κ2) is 10.5. The molecule has 1 aliphatic rings. The highest BCUT2D eigenvalue weighted by molar-refractivity contribution is 6.01. The van der Waals surface area contributed by atoms with E-state index < -0.39 is 0 Å². The van der Waals surface area contributed by atoms with Crippen LogP contribution in [0, 0.1) is 17.1 Å². The average Bonchev–Trinajstić information content (AvgIpc) is 3.27. The van der Waals surface area contributed by atoms with Gasteiger partial charge in [0.05, 0.1) is 48.2 Å². The van der Waals surface area contributed by atoms with E-state index in [2.05, 4.69) is 16.7 Å². The minimum Gasteiger partial charge on any atom is -0.373 e. The molecule has 3 aromatic rings. The van der Waals surface area contributed by atoms with Crippen molar-refractivity contribution in [3.8, 4) is 6.07 Å². The summed E-state index contributed by atoms with van der Waals surface area (Å²) in [6.45, 7) is 4.93. The molecule has 2 aromatic carbocycles. The summed E-state index contributed by atoms with van der Waals surface area (Å²) in [7, 11) is 0. The van der Waals surface area contributed by atoms with E-state index in [-0.39, 0.29) is 36.3 Å². The number of carbonyl (C=O) groups is 2. The molecule has 1 aromatic heterocycles. The molecule has 0 fully saturated rings. The summed E-state index contributed by atoms with van der Waals surface area (Å²) in [4.78, 5) is 26.5. The molecule has 2 heterocycles. The van der Waals surface area contributed by atoms with Gasteiger partial charge in [0.2, 0.25) is 0 Å². The molecule has 4 rings (SSSR count). The van der Waals surface area contributed by atoms with Gasteiger partial charge in [0.1, 0.15) is 11.5 Å². The summed E-state index contributed by atoms with van der Waals surface area (Å²) in [5.74, 6) is -0.945. The van der Waals surface area contributed by atoms with Crippen LogP contribution in [0.5, 0.6) is 0 Å². The lowest BCUT2D eigenvalue weighted by Gasteiger charge is -2.21. The van der Waals surface area contributed by atoms with Gasteiger partial charge in [-0.2, -0.15) is 5.26 Å². The van der Waals surface area contributed by atoms with Crippen molar-refractivity contribution in [2.24, 2.45) is 0 Å². The first-order valence-corrected chi connectivity index (χ1v) is 11.6. The maximum Gasteiger partial charge on any atom is 0.268 e. The first-order chi connectivity index (χ1) is 16.9. The van der Waals surface area contributed by atoms with Crippen LogP contribution in [0.1, 0.15) is 75.6 Å². The van der Waals surface area contributed by atoms with E-state index in [1.165, 1.54) is 12.1 Å². The van der Waals surface area contributed by atoms with Gasteiger partial charge in [-0.15, -0.1) is 0 Å². The van der Waals surface area contributed by atoms with E-state index in [9.17, 15) is 14.0 Å². The molecular weight excluding hydrogens is 447 g/mol. The van der Waals surface area contributed by atoms with Crippen molar-refractivity contribution in [1.29, 1.82) is 5.26 Å². The maximum atomic E-state index is 13.3. The van der Waals surface area contributed by atoms with Crippen LogP contribution in [0.4, 0.5) is 4.39 Å². The molecule has 2 atom stereocenters. The van der Waals surface area contributed by atoms with E-state index in [0.717, 1.165) is 11.1 Å². The Balaban J connectivity index is 1.56. The Kier molecular flexibility index (Phi) is 7.28. The van der Waals surface area contributed by atoms with E-state index in [0.29, 0.717) is 42.1 Å². The standard InChI is InChI=1S/C27H27FN4O3/c1-3-23(20-6-4-18(15-29)5-7-20)31-26(33)22-14-24(32-12-13-35-16-25(22)32)27(34)30-17(2)19-8-10-21(28)11-9-19/h4-11,14,17,23H,3,12-13,16H2,1-2H3,(H,30,34)(H,31,33). The zero-order valence-electron chi connectivity index (χ0n) is 19.7. The number of rotatable bonds is 7. The number of fused-ring (bicyclic) bond motifs is 1. The highest BCUT2D eigenvalue weighted by atomic mass is 19.1. The zero-order valence-corrected chi connectivity index (χ0v) is 19.7. The van der Waals surface area contributed by atoms with Crippen molar-refractivity contribution in [3.05, 3.63) is 94.1 Å². The number of halogens is 1. The molecule has 35 heavy (non-hydrogen) atoms. The minimum atomic E-state index is -0.341. The lowest BCUT2D eigenvalue weighted by atomic mass is 10.0. The number of aromatic nitrogens is 1. The topological polar surface area (TPSA) is 96.2 Å². The van der Waals surface area contributed by atoms with Gasteiger partial charge >= 0.3 is 0 Å². The average molecular weight is 475 g/mol. The van der Waals surface area contributed by atoms with Gasteiger partial charge in [0.15, 0.2) is 0 Å². The fourth-order valence-corrected chi connectivity index (χ4v) is 4.26. The van der Waals surface area contributed by atoms with Gasteiger partial charge in [-0.05, 0) is 54.8 Å². The summed E-state index contributed by atoms with van der Waals surface area (Å²) in [6.07, 6.45) is 0.659. The predicted molar refractivity (Wildman–Crippen MR) is 128 cm³/mol. The van der Waals surface area contributed by atoms with Crippen molar-refractivity contribution >= 4 is 11.8 Å². The Morgan fingerprint density at radius 2 is 1.77 bits per heavy atom. The lowest BCUT2D eigenvalue weighted by molar-refractivity contribution is 0.0774. The largest absolute Gasteiger partial charge is 0.373 e. The molecule has 180 valence electrons. The molecule has 2 amide bonds. The molecule has 1 aliphatic heterocycles. The van der Waals surface area contributed by atoms with Gasteiger partial charge < -0.3 is 19.9 Å². The Morgan fingerprint density at radius 3 is 2.43 bits per heavy atom. The Bertz CT molecular complexity index is 1260. The van der Waals surface area contributed by atoms with Gasteiger partial charge in [-0.3, -0.25) is 9.59 Å². The van der Waals surface area contributed by atoms with Crippen LogP contribution in [-0.4, -0.2) is 23.0 Å². The first kappa shape index (κ1) is 24.2. The number of amides is 2. The molecule has 0 radical (unpaired) electrons. The zero-order chi connectivity index (χ0) is 24.9. The van der Waals surface area contributed by atoms with Crippen molar-refractivity contribution in [2.45, 2.75) is 45.5 Å². The predicted octanol–water partition coefficient (Wildman–Crippen LogP) is 4.40. The van der Waals surface area contributed by atoms with Gasteiger partial charge in [0.25, 0.3) is 11.8 Å². The van der Waals surface area contributed by atoms with Gasteiger partial charge in [-0.25, -0.2) is 4.39 Å². The molecular formula is C27H27FN4O3. The third-order valence-corrected chi connectivity index (χ3v) is 6.26. The van der Waals surface area contributed by atoms with Crippen LogP contribution in [-0.2, 0) is 17.9 Å². The number of benzene rings is 2. The number of hydrogen-bond donors (Lipinski definition) is 2. The highest BCUT2D eigenvalue weighted by Crippen LogP contribution is 2.24. The number of hydrogen-bond acceptors (Lipinski definition) is 4. The van der Waals surface area contributed by atoms with Crippen LogP contribution in [0.25, 0.3) is 0 Å². The number of carbonyl (C=O) groups excluding carboxylic acids is 2. The Hall–Kier alpha value is -3.96. The first-order valence-electron chi connectivity index (χ1n) is 11.6. The van der Waals surface area contributed by atoms with Crippen molar-refractivity contribution < 1.29 is 18.7 Å². The fraction of sp³-hybridized carbons (Fsp3) is 0.296. The number of nitrogens with one attached hydrogen (secondary N) is 2. The molecule has 0 aliphatic carbocycles. The molecule has 7 nitrogen and oxygen atoms in total. The minimum absolute atomic E-state index is 0.233. The van der Waals surface area contributed by atoms with Crippen LogP contribution >= 0.6 is 0 Å². The summed E-state index contributed by atoms with van der Waals surface area (Å²) in [5.41, 5.74) is 3.67. The van der Waals surface area contributed by atoms with E-state index in [1.54, 1.807) is 30.3 Å². The smallest absolute Gasteiger partial charge is 0.268 e. The molecule has 2 N–H and O–H groups in total. The molecule has 8 heteroatoms. The fourth-order valence-electron chi connectivity index (χ4n) is 4.26. The van der Waals surface area contributed by atoms with Crippen molar-refractivity contribution in [3.63, 3.8) is 0 Å². The maximum absolute atomic E-state index is 13.3. The molecule has 0 spiro atoms. The third kappa shape index (κ3) is 5.26. The second-order valence-electron chi connectivity index (χ2n) is 8.51. The highest BCUT2D eigenvalue weighted by Gasteiger charge is 2.27. The molecule has 0 bridgehead atoms. The monoisotopic (exact) mass is 474 g/mol. The normalized spacial score (nSPS) is 14.3. The third-order valence-electron chi connectivity index (χ3n) is 6.26. The Morgan fingerprint density at radius 1 is 1.09 bits per heavy atom. The summed E-state index contributed by atoms with van der Waals surface area (Å²) in [6, 6.07) is 16.2. The van der Waals surface area contributed by atoms with Crippen LogP contribution < -0.4 is 10.6 Å². The van der Waals surface area contributed by atoms with Gasteiger partial charge in [-0.1, -0.05) is 31.2 Å². The SMILES string of the molecule is CCC(NC(=O)c1cc(C(=O)NC(C)c2ccc(F)cc2)n2c1COCC2)c1ccc(C#N)cc1. The van der Waals surface area contributed by atoms with Crippen molar-refractivity contribution in [1.82, 2.24) is 15.2 Å². The molecule has 2 unspecified atom stereocenters. The molecule has 0 saturated heterocycles. The van der Waals surface area contributed by atoms with E-state index in [4.69, 9.17) is 10.00 Å². The molecule has 0 saturated carbocycles. The van der Waals surface area contributed by atoms with Gasteiger partial charge in [0, 0.05) is 6.54 Å². The second-order valence-corrected chi connectivity index (χ2v) is 8.51. The number of nitriles is 1. The summed E-state index contributed by atoms with van der Waals surface area (Å²) in [5, 5.41) is 15.0. The Labute approximate surface area is 203 Å². The lowest BCUT2D eigenvalue weighted by Crippen LogP contribution is -2.31. The van der Waals surface area contributed by atoms with Crippen LogP contribution in [0.3, 0.4) is 0 Å². The summed E-state index contributed by atoms with van der Waals surface area (Å²) >= 11 is 0. The van der Waals surface area contributed by atoms with E-state index in [1.807, 2.05) is 30.5 Å². The van der Waals surface area contributed by atoms with Crippen molar-refractivity contribution in [2.75, 3.05) is 6.61 Å². The number of nitrogens with zero attached hydrogens (tertiary/aromatic N) is 2. The summed E-state index contributed by atoms with van der Waals surface area (Å²) < 4.78 is 20.7. The number of ether oxygens (including phenoxy) is 1. The van der Waals surface area contributed by atoms with Crippen LogP contribution in [0.15, 0.2) is 54.6 Å². The quantitative estimate of drug-likeness (QED) is 0.531.